The summed E-state index contributed by atoms with van der Waals surface area (Å²) < 4.78 is 0. The van der Waals surface area contributed by atoms with E-state index in [-0.39, 0.29) is 0 Å². The zero-order valence-electron chi connectivity index (χ0n) is 4.28. The Labute approximate surface area is 45.2 Å². The number of nitrogens with one attached hydrogen (secondary N) is 1. The van der Waals surface area contributed by atoms with Gasteiger partial charge in [-0.15, -0.1) is 5.47 Å². The smallest absolute Gasteiger partial charge is 0.107 e. The van der Waals surface area contributed by atoms with Crippen LogP contribution in [0.5, 0.6) is 0 Å². The van der Waals surface area contributed by atoms with Crippen molar-refractivity contribution in [2.75, 3.05) is 13.1 Å². The van der Waals surface area contributed by atoms with Crippen LogP contribution in [0, 0.1) is 0 Å². The summed E-state index contributed by atoms with van der Waals surface area (Å²) in [5.41, 5.74) is 1.03. The molecule has 0 saturated heterocycles. The minimum atomic E-state index is 0.950. The highest BCUT2D eigenvalue weighted by atomic mass is 14.8. The van der Waals surface area contributed by atoms with Crippen LogP contribution in [0.2, 0.25) is 0 Å². The summed E-state index contributed by atoms with van der Waals surface area (Å²) in [5.74, 6) is 0. The Morgan fingerprint density at radius 3 is 2.86 bits per heavy atom. The van der Waals surface area contributed by atoms with Crippen molar-refractivity contribution >= 4 is 7.85 Å². The molecule has 0 aromatic rings. The van der Waals surface area contributed by atoms with Gasteiger partial charge in [0.25, 0.3) is 0 Å². The van der Waals surface area contributed by atoms with Gasteiger partial charge in [-0.05, 0) is 13.0 Å². The molecule has 0 spiro atoms. The molecule has 0 atom stereocenters. The quantitative estimate of drug-likeness (QED) is 0.416. The summed E-state index contributed by atoms with van der Waals surface area (Å²) in [5, 5.41) is 3.16. The minimum Gasteiger partial charge on any atom is -0.313 e. The maximum atomic E-state index is 5.46. The monoisotopic (exact) mass is 93.1 g/mol. The summed E-state index contributed by atoms with van der Waals surface area (Å²) in [6.45, 7) is 1.99. The molecule has 2 heteroatoms. The Balaban J connectivity index is 2.40. The fourth-order valence-corrected chi connectivity index (χ4v) is 0.640. The van der Waals surface area contributed by atoms with Crippen LogP contribution >= 0.6 is 0 Å². The average molecular weight is 92.9 g/mol. The number of hydrogen-bond acceptors (Lipinski definition) is 1. The van der Waals surface area contributed by atoms with Gasteiger partial charge in [0.1, 0.15) is 7.85 Å². The Hall–Kier alpha value is -0.235. The first-order valence-electron chi connectivity index (χ1n) is 2.55. The Bertz CT molecular complexity index is 88.1. The third-order valence-electron chi connectivity index (χ3n) is 1.10. The van der Waals surface area contributed by atoms with E-state index in [1.54, 1.807) is 0 Å². The second-order valence-electron chi connectivity index (χ2n) is 1.73. The van der Waals surface area contributed by atoms with E-state index in [1.165, 1.54) is 0 Å². The summed E-state index contributed by atoms with van der Waals surface area (Å²) in [4.78, 5) is 0. The molecule has 0 bridgehead atoms. The summed E-state index contributed by atoms with van der Waals surface area (Å²) >= 11 is 0. The van der Waals surface area contributed by atoms with Crippen LogP contribution in [-0.4, -0.2) is 20.9 Å². The van der Waals surface area contributed by atoms with E-state index in [0.717, 1.165) is 25.0 Å². The predicted molar refractivity (Wildman–Crippen MR) is 31.3 cm³/mol. The first-order chi connectivity index (χ1) is 3.39. The molecule has 7 heavy (non-hydrogen) atoms. The third-order valence-corrected chi connectivity index (χ3v) is 1.10. The van der Waals surface area contributed by atoms with Crippen molar-refractivity contribution in [3.63, 3.8) is 0 Å². The van der Waals surface area contributed by atoms with Gasteiger partial charge in [0.15, 0.2) is 0 Å². The standard InChI is InChI=1S/C5H8BN/c6-5-1-3-7-4-2-5/h1,7H,2-4H2. The molecule has 1 aliphatic rings. The SMILES string of the molecule is [B]C1=CCNCC1. The third kappa shape index (κ3) is 1.36. The first-order valence-corrected chi connectivity index (χ1v) is 2.55. The molecule has 1 rings (SSSR count). The van der Waals surface area contributed by atoms with E-state index in [0.29, 0.717) is 0 Å². The molecule has 0 unspecified atom stereocenters. The lowest BCUT2D eigenvalue weighted by atomic mass is 9.91. The number of hydrogen-bond donors (Lipinski definition) is 1. The van der Waals surface area contributed by atoms with Gasteiger partial charge in [0.2, 0.25) is 0 Å². The lowest BCUT2D eigenvalue weighted by molar-refractivity contribution is 0.721. The summed E-state index contributed by atoms with van der Waals surface area (Å²) in [7, 11) is 5.46. The second kappa shape index (κ2) is 2.17. The van der Waals surface area contributed by atoms with Gasteiger partial charge >= 0.3 is 0 Å². The molecule has 0 aromatic heterocycles. The van der Waals surface area contributed by atoms with Crippen molar-refractivity contribution in [2.24, 2.45) is 0 Å². The Morgan fingerprint density at radius 1 is 1.71 bits per heavy atom. The highest BCUT2D eigenvalue weighted by Crippen LogP contribution is 1.95. The lowest BCUT2D eigenvalue weighted by Gasteiger charge is -2.08. The van der Waals surface area contributed by atoms with Gasteiger partial charge in [-0.25, -0.2) is 0 Å². The maximum Gasteiger partial charge on any atom is 0.107 e. The molecule has 0 fully saturated rings. The minimum absolute atomic E-state index is 0.950. The van der Waals surface area contributed by atoms with Crippen molar-refractivity contribution < 1.29 is 0 Å². The van der Waals surface area contributed by atoms with Crippen LogP contribution < -0.4 is 5.32 Å². The van der Waals surface area contributed by atoms with Gasteiger partial charge in [0, 0.05) is 6.54 Å². The van der Waals surface area contributed by atoms with Gasteiger partial charge in [-0.1, -0.05) is 6.08 Å². The molecule has 1 aliphatic heterocycles. The number of rotatable bonds is 0. The van der Waals surface area contributed by atoms with Crippen LogP contribution in [0.4, 0.5) is 0 Å². The molecule has 1 N–H and O–H groups in total. The zero-order chi connectivity index (χ0) is 5.11. The fourth-order valence-electron chi connectivity index (χ4n) is 0.640. The van der Waals surface area contributed by atoms with Crippen molar-refractivity contribution in [1.82, 2.24) is 5.32 Å². The molecule has 36 valence electrons. The normalized spacial score (nSPS) is 21.4. The van der Waals surface area contributed by atoms with Crippen LogP contribution in [0.25, 0.3) is 0 Å². The molecule has 0 saturated carbocycles. The lowest BCUT2D eigenvalue weighted by Crippen LogP contribution is -2.20. The van der Waals surface area contributed by atoms with Crippen molar-refractivity contribution in [3.8, 4) is 0 Å². The van der Waals surface area contributed by atoms with Crippen LogP contribution in [0.15, 0.2) is 11.5 Å². The van der Waals surface area contributed by atoms with Crippen LogP contribution in [0.3, 0.4) is 0 Å². The van der Waals surface area contributed by atoms with Crippen molar-refractivity contribution in [2.45, 2.75) is 6.42 Å². The summed E-state index contributed by atoms with van der Waals surface area (Å²) in [6.07, 6.45) is 3.03. The van der Waals surface area contributed by atoms with Crippen LogP contribution in [-0.2, 0) is 0 Å². The van der Waals surface area contributed by atoms with E-state index < -0.39 is 0 Å². The highest BCUT2D eigenvalue weighted by Gasteiger charge is 1.93. The van der Waals surface area contributed by atoms with Gasteiger partial charge in [-0.3, -0.25) is 0 Å². The molecule has 0 aromatic carbocycles. The Morgan fingerprint density at radius 2 is 2.57 bits per heavy atom. The highest BCUT2D eigenvalue weighted by molar-refractivity contribution is 6.21. The maximum absolute atomic E-state index is 5.46. The molecule has 1 nitrogen and oxygen atoms in total. The summed E-state index contributed by atoms with van der Waals surface area (Å²) in [6, 6.07) is 0. The molecular weight excluding hydrogens is 84.9 g/mol. The predicted octanol–water partition coefficient (Wildman–Crippen LogP) is 0.0321. The second-order valence-corrected chi connectivity index (χ2v) is 1.73. The van der Waals surface area contributed by atoms with E-state index in [2.05, 4.69) is 5.32 Å². The topological polar surface area (TPSA) is 12.0 Å². The van der Waals surface area contributed by atoms with E-state index in [4.69, 9.17) is 7.85 Å². The van der Waals surface area contributed by atoms with Crippen molar-refractivity contribution in [1.29, 1.82) is 0 Å². The first kappa shape index (κ1) is 4.91. The molecule has 0 amide bonds. The van der Waals surface area contributed by atoms with Gasteiger partial charge in [0.05, 0.1) is 0 Å². The van der Waals surface area contributed by atoms with E-state index in [1.807, 2.05) is 6.08 Å². The van der Waals surface area contributed by atoms with E-state index in [9.17, 15) is 0 Å². The molecular formula is C5H8BN. The van der Waals surface area contributed by atoms with Gasteiger partial charge in [-0.2, -0.15) is 0 Å². The molecule has 1 heterocycles. The van der Waals surface area contributed by atoms with Crippen molar-refractivity contribution in [3.05, 3.63) is 11.5 Å². The van der Waals surface area contributed by atoms with Gasteiger partial charge < -0.3 is 5.32 Å². The Kier molecular flexibility index (Phi) is 1.52. The van der Waals surface area contributed by atoms with Crippen LogP contribution in [0.1, 0.15) is 6.42 Å². The molecule has 2 radical (unpaired) electrons. The van der Waals surface area contributed by atoms with E-state index >= 15 is 0 Å². The largest absolute Gasteiger partial charge is 0.313 e. The zero-order valence-corrected chi connectivity index (χ0v) is 4.28. The molecule has 0 aliphatic carbocycles. The fraction of sp³-hybridized carbons (Fsp3) is 0.600. The average Bonchev–Trinajstić information content (AvgIpc) is 1.69.